The van der Waals surface area contributed by atoms with Gasteiger partial charge in [-0.3, -0.25) is 10.4 Å². The summed E-state index contributed by atoms with van der Waals surface area (Å²) in [5.41, 5.74) is 6.84. The third kappa shape index (κ3) is 5.77. The van der Waals surface area contributed by atoms with Crippen molar-refractivity contribution >= 4 is 38.5 Å². The number of hydrogen-bond acceptors (Lipinski definition) is 5. The van der Waals surface area contributed by atoms with Crippen molar-refractivity contribution in [1.29, 1.82) is 5.41 Å². The van der Waals surface area contributed by atoms with Crippen LogP contribution in [0.2, 0.25) is 0 Å². The second-order valence-electron chi connectivity index (χ2n) is 10.7. The largest absolute Gasteiger partial charge is 0.384 e. The number of sulfonamides is 1. The molecule has 5 N–H and O–H groups in total. The van der Waals surface area contributed by atoms with Crippen LogP contribution in [0.5, 0.6) is 0 Å². The fraction of sp³-hybridized carbons (Fsp3) is 0.414. The van der Waals surface area contributed by atoms with Crippen LogP contribution in [0.15, 0.2) is 65.7 Å². The van der Waals surface area contributed by atoms with E-state index < -0.39 is 15.6 Å². The van der Waals surface area contributed by atoms with Crippen LogP contribution in [-0.2, 0) is 10.0 Å². The lowest BCUT2D eigenvalue weighted by Crippen LogP contribution is -2.57. The molecule has 39 heavy (non-hydrogen) atoms. The maximum absolute atomic E-state index is 13.7. The van der Waals surface area contributed by atoms with Crippen molar-refractivity contribution in [3.05, 3.63) is 66.4 Å². The number of para-hydroxylation sites is 1. The van der Waals surface area contributed by atoms with E-state index in [0.717, 1.165) is 43.9 Å². The van der Waals surface area contributed by atoms with Crippen molar-refractivity contribution < 1.29 is 13.2 Å². The Hall–Kier alpha value is -3.50. The van der Waals surface area contributed by atoms with Crippen LogP contribution in [-0.4, -0.2) is 48.2 Å². The number of amidine groups is 1. The lowest BCUT2D eigenvalue weighted by molar-refractivity contribution is 0.130. The lowest BCUT2D eigenvalue weighted by atomic mass is 9.73. The maximum atomic E-state index is 13.7. The first-order chi connectivity index (χ1) is 18.8. The van der Waals surface area contributed by atoms with Gasteiger partial charge < -0.3 is 16.4 Å². The smallest absolute Gasteiger partial charge is 0.319 e. The Bertz CT molecular complexity index is 1450. The Morgan fingerprint density at radius 3 is 2.41 bits per heavy atom. The van der Waals surface area contributed by atoms with Crippen LogP contribution < -0.4 is 16.4 Å². The molecule has 1 saturated heterocycles. The van der Waals surface area contributed by atoms with Gasteiger partial charge in [-0.2, -0.15) is 4.31 Å². The van der Waals surface area contributed by atoms with Crippen LogP contribution in [0, 0.1) is 11.3 Å². The van der Waals surface area contributed by atoms with Crippen LogP contribution in [0.3, 0.4) is 0 Å². The topological polar surface area (TPSA) is 141 Å². The highest BCUT2D eigenvalue weighted by atomic mass is 32.2. The van der Waals surface area contributed by atoms with Gasteiger partial charge in [0.25, 0.3) is 0 Å². The molecule has 2 amide bonds. The third-order valence-corrected chi connectivity index (χ3v) is 10.2. The highest BCUT2D eigenvalue weighted by Crippen LogP contribution is 2.40. The molecule has 1 saturated carbocycles. The van der Waals surface area contributed by atoms with Gasteiger partial charge in [0.05, 0.1) is 5.52 Å². The summed E-state index contributed by atoms with van der Waals surface area (Å²) in [7, 11) is -3.70. The molecule has 9 nitrogen and oxygen atoms in total. The number of rotatable bonds is 6. The summed E-state index contributed by atoms with van der Waals surface area (Å²) in [5, 5.41) is 14.7. The number of carbonyl (C=O) groups excluding carboxylic acids is 1. The highest BCUT2D eigenvalue weighted by molar-refractivity contribution is 7.89. The van der Waals surface area contributed by atoms with E-state index in [0.29, 0.717) is 42.7 Å². The summed E-state index contributed by atoms with van der Waals surface area (Å²) in [5.74, 6) is 0.113. The molecule has 2 heterocycles. The fourth-order valence-electron chi connectivity index (χ4n) is 6.22. The molecule has 0 atom stereocenters. The van der Waals surface area contributed by atoms with Crippen LogP contribution in [0.25, 0.3) is 10.9 Å². The first-order valence-electron chi connectivity index (χ1n) is 13.7. The predicted octanol–water partition coefficient (Wildman–Crippen LogP) is 4.83. The fourth-order valence-corrected chi connectivity index (χ4v) is 7.86. The highest BCUT2D eigenvalue weighted by Gasteiger charge is 2.43. The number of piperidine rings is 1. The molecule has 2 aromatic carbocycles. The SMILES string of the molecule is N=C(N)c1cccc(NC(=O)NC2(C3CCN(S(=O)(=O)c4cccc5cccnc45)CC3)CCCCCC2)c1. The molecule has 0 bridgehead atoms. The quantitative estimate of drug-likeness (QED) is 0.198. The van der Waals surface area contributed by atoms with Crippen molar-refractivity contribution in [1.82, 2.24) is 14.6 Å². The van der Waals surface area contributed by atoms with E-state index in [1.807, 2.05) is 12.1 Å². The van der Waals surface area contributed by atoms with Gasteiger partial charge in [-0.15, -0.1) is 0 Å². The van der Waals surface area contributed by atoms with E-state index in [9.17, 15) is 13.2 Å². The Balaban J connectivity index is 1.32. The van der Waals surface area contributed by atoms with Gasteiger partial charge >= 0.3 is 6.03 Å². The van der Waals surface area contributed by atoms with Gasteiger partial charge in [-0.1, -0.05) is 56.0 Å². The number of nitrogens with one attached hydrogen (secondary N) is 3. The van der Waals surface area contributed by atoms with Crippen LogP contribution in [0.1, 0.15) is 56.9 Å². The summed E-state index contributed by atoms with van der Waals surface area (Å²) in [6.45, 7) is 0.809. The van der Waals surface area contributed by atoms with Crippen molar-refractivity contribution in [3.8, 4) is 0 Å². The number of aromatic nitrogens is 1. The molecule has 1 aliphatic carbocycles. The number of benzene rings is 2. The van der Waals surface area contributed by atoms with Crippen molar-refractivity contribution in [2.24, 2.45) is 11.7 Å². The summed E-state index contributed by atoms with van der Waals surface area (Å²) in [6, 6.07) is 15.6. The van der Waals surface area contributed by atoms with E-state index in [2.05, 4.69) is 15.6 Å². The van der Waals surface area contributed by atoms with Gasteiger partial charge in [0.15, 0.2) is 0 Å². The average Bonchev–Trinajstić information content (AvgIpc) is 3.19. The Labute approximate surface area is 229 Å². The average molecular weight is 549 g/mol. The number of anilines is 1. The summed E-state index contributed by atoms with van der Waals surface area (Å²) < 4.78 is 28.9. The van der Waals surface area contributed by atoms with Gasteiger partial charge in [-0.25, -0.2) is 13.2 Å². The molecule has 2 aliphatic rings. The normalized spacial score (nSPS) is 18.8. The Morgan fingerprint density at radius 1 is 1.00 bits per heavy atom. The van der Waals surface area contributed by atoms with Crippen LogP contribution >= 0.6 is 0 Å². The van der Waals surface area contributed by atoms with Crippen LogP contribution in [0.4, 0.5) is 10.5 Å². The van der Waals surface area contributed by atoms with Crippen molar-refractivity contribution in [2.75, 3.05) is 18.4 Å². The lowest BCUT2D eigenvalue weighted by Gasteiger charge is -2.45. The van der Waals surface area contributed by atoms with E-state index in [1.165, 1.54) is 0 Å². The molecular formula is C29H36N6O3S. The van der Waals surface area contributed by atoms with Gasteiger partial charge in [0.1, 0.15) is 10.7 Å². The summed E-state index contributed by atoms with van der Waals surface area (Å²) in [4.78, 5) is 17.8. The van der Waals surface area contributed by atoms with E-state index >= 15 is 0 Å². The molecule has 1 aliphatic heterocycles. The summed E-state index contributed by atoms with van der Waals surface area (Å²) in [6.07, 6.45) is 9.04. The van der Waals surface area contributed by atoms with E-state index in [-0.39, 0.29) is 22.7 Å². The minimum Gasteiger partial charge on any atom is -0.384 e. The van der Waals surface area contributed by atoms with Gasteiger partial charge in [0.2, 0.25) is 10.0 Å². The molecule has 3 aromatic rings. The van der Waals surface area contributed by atoms with E-state index in [4.69, 9.17) is 11.1 Å². The minimum absolute atomic E-state index is 0.0553. The number of fused-ring (bicyclic) bond motifs is 1. The number of amides is 2. The molecule has 0 unspecified atom stereocenters. The van der Waals surface area contributed by atoms with Crippen molar-refractivity contribution in [2.45, 2.75) is 61.8 Å². The second kappa shape index (κ2) is 11.3. The molecular weight excluding hydrogens is 512 g/mol. The van der Waals surface area contributed by atoms with Gasteiger partial charge in [-0.05, 0) is 55.9 Å². The maximum Gasteiger partial charge on any atom is 0.319 e. The predicted molar refractivity (Wildman–Crippen MR) is 153 cm³/mol. The monoisotopic (exact) mass is 548 g/mol. The zero-order valence-corrected chi connectivity index (χ0v) is 22.8. The molecule has 1 aromatic heterocycles. The molecule has 5 rings (SSSR count). The zero-order chi connectivity index (χ0) is 27.5. The molecule has 0 spiro atoms. The number of nitrogen functional groups attached to an aromatic ring is 1. The number of hydrogen-bond donors (Lipinski definition) is 4. The standard InChI is InChI=1S/C29H36N6O3S/c30-27(31)22-9-5-11-24(20-22)33-28(36)34-29(15-3-1-2-4-16-29)23-13-18-35(19-14-23)39(37,38)25-12-6-8-21-10-7-17-32-26(21)25/h5-12,17,20,23H,1-4,13-16,18-19H2,(H3,30,31)(H2,33,34,36). The van der Waals surface area contributed by atoms with Crippen molar-refractivity contribution in [3.63, 3.8) is 0 Å². The number of pyridine rings is 1. The molecule has 0 radical (unpaired) electrons. The Kier molecular flexibility index (Phi) is 7.86. The molecule has 2 fully saturated rings. The van der Waals surface area contributed by atoms with E-state index in [1.54, 1.807) is 53.0 Å². The number of nitrogens with two attached hydrogens (primary N) is 1. The Morgan fingerprint density at radius 2 is 1.69 bits per heavy atom. The number of carbonyl (C=O) groups is 1. The summed E-state index contributed by atoms with van der Waals surface area (Å²) >= 11 is 0. The first kappa shape index (κ1) is 27.1. The first-order valence-corrected chi connectivity index (χ1v) is 15.1. The van der Waals surface area contributed by atoms with Gasteiger partial charge in [0, 0.05) is 41.5 Å². The second-order valence-corrected chi connectivity index (χ2v) is 12.6. The number of urea groups is 1. The molecule has 206 valence electrons. The zero-order valence-electron chi connectivity index (χ0n) is 22.0. The molecule has 10 heteroatoms. The third-order valence-electron chi connectivity index (χ3n) is 8.24. The minimum atomic E-state index is -3.70. The number of nitrogens with zero attached hydrogens (tertiary/aromatic N) is 2.